The second-order valence-electron chi connectivity index (χ2n) is 28.5. The minimum absolute atomic E-state index is 0.221. The van der Waals surface area contributed by atoms with Gasteiger partial charge in [0, 0.05) is 112 Å². The largest absolute Gasteiger partial charge is 0.469 e. The second-order valence-corrected chi connectivity index (χ2v) is 28.5. The van der Waals surface area contributed by atoms with Gasteiger partial charge in [0.05, 0.1) is 122 Å². The van der Waals surface area contributed by atoms with Gasteiger partial charge in [0.2, 0.25) is 0 Å². The molecule has 36 heteroatoms. The summed E-state index contributed by atoms with van der Waals surface area (Å²) in [4.78, 5) is 198. The second kappa shape index (κ2) is 103. The maximum atomic E-state index is 11.2. The average Bonchev–Trinajstić information content (AvgIpc) is 1.08. The van der Waals surface area contributed by atoms with E-state index in [1.54, 1.807) is 104 Å². The van der Waals surface area contributed by atoms with Gasteiger partial charge in [-0.05, 0) is 200 Å². The Bertz CT molecular complexity index is 3670. The first-order chi connectivity index (χ1) is 63.9. The van der Waals surface area contributed by atoms with E-state index >= 15 is 0 Å². The third kappa shape index (κ3) is 116. The van der Waals surface area contributed by atoms with Crippen molar-refractivity contribution in [2.75, 3.05) is 122 Å². The van der Waals surface area contributed by atoms with Gasteiger partial charge < -0.3 is 85.3 Å². The molecule has 0 saturated carbocycles. The van der Waals surface area contributed by atoms with Crippen molar-refractivity contribution in [1.29, 1.82) is 0 Å². The SMILES string of the molecule is CCCOC(=O)/C=C(\C)CCC(=O)OC.CCCOC(=O)/C=C(\C)CCC(=O)OCC.CCCOC(=O)/C=C(\C)CCC(=O)OCCC.CCCOC(=O)CC/C(C)=C/C(=O)OC.CCCOC(=O)CC/C(C)=C/C(=O)OCC.CCOC(=O)/C=C(\C)CCC(=O)OC.CCOC(=O)/C=C(\C)CCC(=O)OCC.CCOC(=O)CC/C(C)=C/C(=O)OC.COC(=O)/C=C(\C)CCC(=O)OC. The zero-order chi connectivity index (χ0) is 105. The van der Waals surface area contributed by atoms with E-state index in [9.17, 15) is 86.3 Å². The maximum Gasteiger partial charge on any atom is 0.330 e. The van der Waals surface area contributed by atoms with Crippen molar-refractivity contribution < 1.29 is 172 Å². The third-order valence-corrected chi connectivity index (χ3v) is 15.6. The van der Waals surface area contributed by atoms with E-state index in [2.05, 4.69) is 28.4 Å². The Morgan fingerprint density at radius 1 is 0.148 bits per heavy atom. The predicted molar refractivity (Wildman–Crippen MR) is 506 cm³/mol. The monoisotopic (exact) mass is 1930 g/mol. The molecule has 0 aliphatic carbocycles. The van der Waals surface area contributed by atoms with Crippen LogP contribution in [0.5, 0.6) is 0 Å². The van der Waals surface area contributed by atoms with Crippen LogP contribution in [0.3, 0.4) is 0 Å². The molecule has 0 rings (SSSR count). The molecule has 0 aromatic heterocycles. The fourth-order valence-electron chi connectivity index (χ4n) is 8.48. The number of hydrogen-bond donors (Lipinski definition) is 0. The van der Waals surface area contributed by atoms with Crippen LogP contribution in [0.1, 0.15) is 299 Å². The molecule has 0 aliphatic rings. The van der Waals surface area contributed by atoms with Gasteiger partial charge in [-0.25, -0.2) is 43.2 Å². The van der Waals surface area contributed by atoms with Crippen molar-refractivity contribution in [3.8, 4) is 0 Å². The molecule has 0 fully saturated rings. The number of carbonyl (C=O) groups is 18. The topological polar surface area (TPSA) is 473 Å². The minimum Gasteiger partial charge on any atom is -0.469 e. The van der Waals surface area contributed by atoms with Crippen LogP contribution in [-0.2, 0) is 172 Å². The Kier molecular flexibility index (Phi) is 107. The zero-order valence-corrected chi connectivity index (χ0v) is 85.8. The lowest BCUT2D eigenvalue weighted by Crippen LogP contribution is -2.06. The fourth-order valence-corrected chi connectivity index (χ4v) is 8.48. The Morgan fingerprint density at radius 3 is 0.407 bits per heavy atom. The minimum atomic E-state index is -0.401. The summed E-state index contributed by atoms with van der Waals surface area (Å²) in [7, 11) is 7.97. The molecular weight excluding hydrogens is 1770 g/mol. The summed E-state index contributed by atoms with van der Waals surface area (Å²) in [5.41, 5.74) is 7.37. The summed E-state index contributed by atoms with van der Waals surface area (Å²) in [6.45, 7) is 43.2. The third-order valence-electron chi connectivity index (χ3n) is 15.6. The molecule has 774 valence electrons. The van der Waals surface area contributed by atoms with E-state index in [1.807, 2.05) is 41.5 Å². The number of rotatable bonds is 54. The number of allylic oxidation sites excluding steroid dienone is 9. The number of hydrogen-bond acceptors (Lipinski definition) is 36. The van der Waals surface area contributed by atoms with Crippen LogP contribution in [0.15, 0.2) is 105 Å². The van der Waals surface area contributed by atoms with Crippen LogP contribution in [-0.4, -0.2) is 229 Å². The van der Waals surface area contributed by atoms with Gasteiger partial charge in [0.1, 0.15) is 0 Å². The summed E-state index contributed by atoms with van der Waals surface area (Å²) >= 11 is 0. The van der Waals surface area contributed by atoms with Crippen molar-refractivity contribution in [2.45, 2.75) is 299 Å². The summed E-state index contributed by atoms with van der Waals surface area (Å²) in [5.74, 6) is -5.54. The van der Waals surface area contributed by atoms with E-state index in [1.165, 1.54) is 97.3 Å². The van der Waals surface area contributed by atoms with E-state index in [0.717, 1.165) is 88.7 Å². The van der Waals surface area contributed by atoms with Crippen LogP contribution in [0.2, 0.25) is 0 Å². The quantitative estimate of drug-likeness (QED) is 0.0310. The molecule has 0 N–H and O–H groups in total. The van der Waals surface area contributed by atoms with E-state index < -0.39 is 17.9 Å². The molecule has 0 amide bonds. The van der Waals surface area contributed by atoms with Crippen LogP contribution < -0.4 is 0 Å². The molecule has 0 saturated heterocycles. The molecule has 0 aliphatic heterocycles. The van der Waals surface area contributed by atoms with E-state index in [4.69, 9.17) is 56.8 Å². The van der Waals surface area contributed by atoms with Crippen molar-refractivity contribution in [2.24, 2.45) is 0 Å². The van der Waals surface area contributed by atoms with Crippen LogP contribution >= 0.6 is 0 Å². The van der Waals surface area contributed by atoms with Crippen LogP contribution in [0.4, 0.5) is 0 Å². The standard InChI is InChI=1S/C13H22O4.2C12H20O4.3C11H18O4.2C10H16O4.C9H14O4/c1-4-8-16-12(14)7-6-11(3)10-13(15)17-9-5-2;1-4-8-16-11(13)7-6-10(3)9-12(14)15-5-2;1-4-8-16-12(14)9-10(3)6-7-11(13)15-5-2;1-4-7-15-10(12)6-5-9(2)8-11(13)14-3;1-4-7-15-11(13)8-9(2)5-6-10(12)14-3;1-4-14-10(12)7-6-9(3)8-11(13)15-5-2;1-4-14-9(11)6-5-8(2)7-10(12)13-3;1-4-14-10(12)7-8(2)5-6-9(11)13-3;1-7(6-9(11)13-3)4-5-8(10)12-2/h10H,4-9H2,1-3H3;2*9H,4-8H2,1-3H3;3*8H,4-7H2,1-3H3;2*7H,4-6H2,1-3H3;6H,4-5H2,1-3H3/b11-10+;2*10-9+;3*9-8+;2*8-7+;7-6+. The first kappa shape index (κ1) is 141. The van der Waals surface area contributed by atoms with Gasteiger partial charge in [-0.1, -0.05) is 91.7 Å². The van der Waals surface area contributed by atoms with Crippen LogP contribution in [0, 0.1) is 0 Å². The normalized spacial score (nSPS) is 11.0. The van der Waals surface area contributed by atoms with Crippen molar-refractivity contribution in [3.05, 3.63) is 105 Å². The van der Waals surface area contributed by atoms with E-state index in [0.29, 0.717) is 182 Å². The first-order valence-electron chi connectivity index (χ1n) is 45.3. The Balaban J connectivity index is -0.000000189. The van der Waals surface area contributed by atoms with Gasteiger partial charge in [0.25, 0.3) is 0 Å². The highest BCUT2D eigenvalue weighted by atomic mass is 16.6. The summed E-state index contributed by atoms with van der Waals surface area (Å²) in [5, 5.41) is 0. The lowest BCUT2D eigenvalue weighted by molar-refractivity contribution is -0.144. The average molecular weight is 1930 g/mol. The Hall–Kier alpha value is -11.9. The lowest BCUT2D eigenvalue weighted by Gasteiger charge is -2.03. The molecule has 0 spiro atoms. The highest BCUT2D eigenvalue weighted by Crippen LogP contribution is 2.14. The fraction of sp³-hybridized carbons (Fsp3) is 0.636. The highest BCUT2D eigenvalue weighted by molar-refractivity contribution is 5.87. The van der Waals surface area contributed by atoms with Gasteiger partial charge >= 0.3 is 107 Å². The Labute approximate surface area is 801 Å². The summed E-state index contributed by atoms with van der Waals surface area (Å²) in [6.07, 6.45) is 24.9. The molecule has 0 aromatic rings. The highest BCUT2D eigenvalue weighted by Gasteiger charge is 2.13. The van der Waals surface area contributed by atoms with Gasteiger partial charge in [-0.15, -0.1) is 0 Å². The maximum absolute atomic E-state index is 11.2. The van der Waals surface area contributed by atoms with E-state index in [-0.39, 0.29) is 102 Å². The summed E-state index contributed by atoms with van der Waals surface area (Å²) < 4.78 is 84.6. The number of methoxy groups -OCH3 is 6. The van der Waals surface area contributed by atoms with Crippen molar-refractivity contribution in [3.63, 3.8) is 0 Å². The molecule has 0 bridgehead atoms. The molecule has 0 aromatic carbocycles. The molecule has 135 heavy (non-hydrogen) atoms. The smallest absolute Gasteiger partial charge is 0.330 e. The van der Waals surface area contributed by atoms with Gasteiger partial charge in [0.15, 0.2) is 0 Å². The predicted octanol–water partition coefficient (Wildman–Crippen LogP) is 16.6. The molecule has 0 atom stereocenters. The van der Waals surface area contributed by atoms with Gasteiger partial charge in [-0.3, -0.25) is 43.2 Å². The molecule has 36 nitrogen and oxygen atoms in total. The summed E-state index contributed by atoms with van der Waals surface area (Å²) in [6, 6.07) is 0. The molecule has 0 unspecified atom stereocenters. The number of esters is 18. The molecule has 0 heterocycles. The lowest BCUT2D eigenvalue weighted by atomic mass is 10.1. The Morgan fingerprint density at radius 2 is 0.274 bits per heavy atom. The first-order valence-corrected chi connectivity index (χ1v) is 45.3. The zero-order valence-electron chi connectivity index (χ0n) is 85.8. The molecule has 0 radical (unpaired) electrons. The number of carbonyl (C=O) groups excluding carboxylic acids is 18. The van der Waals surface area contributed by atoms with Gasteiger partial charge in [-0.2, -0.15) is 0 Å². The number of ether oxygens (including phenoxy) is 18. The molecular formula is C99H162O36. The van der Waals surface area contributed by atoms with Crippen molar-refractivity contribution >= 4 is 107 Å². The van der Waals surface area contributed by atoms with Crippen LogP contribution in [0.25, 0.3) is 0 Å². The van der Waals surface area contributed by atoms with Crippen molar-refractivity contribution in [1.82, 2.24) is 0 Å².